The molecule has 1 aromatic rings. The Labute approximate surface area is 116 Å². The maximum Gasteiger partial charge on any atom is 0.0948 e. The lowest BCUT2D eigenvalue weighted by molar-refractivity contribution is -0.0867. The number of rotatable bonds is 2. The Morgan fingerprint density at radius 3 is 2.65 bits per heavy atom. The van der Waals surface area contributed by atoms with E-state index in [1.807, 2.05) is 0 Å². The van der Waals surface area contributed by atoms with E-state index in [0.717, 1.165) is 22.9 Å². The summed E-state index contributed by atoms with van der Waals surface area (Å²) in [6.07, 6.45) is 3.27. The molecule has 1 aromatic heterocycles. The van der Waals surface area contributed by atoms with Crippen molar-refractivity contribution in [3.8, 4) is 0 Å². The van der Waals surface area contributed by atoms with Crippen LogP contribution in [0.15, 0.2) is 15.2 Å². The predicted molar refractivity (Wildman–Crippen MR) is 77.3 cm³/mol. The van der Waals surface area contributed by atoms with E-state index in [2.05, 4.69) is 47.5 Å². The zero-order chi connectivity index (χ0) is 12.6. The van der Waals surface area contributed by atoms with Gasteiger partial charge >= 0.3 is 0 Å². The lowest BCUT2D eigenvalue weighted by atomic mass is 9.65. The number of hydrogen-bond acceptors (Lipinski definition) is 2. The maximum absolute atomic E-state index is 11.2. The van der Waals surface area contributed by atoms with Crippen LogP contribution in [0.5, 0.6) is 0 Å². The van der Waals surface area contributed by atoms with Crippen molar-refractivity contribution < 1.29 is 5.11 Å². The van der Waals surface area contributed by atoms with E-state index in [0.29, 0.717) is 17.8 Å². The lowest BCUT2D eigenvalue weighted by Gasteiger charge is -2.44. The number of thiophene rings is 1. The van der Waals surface area contributed by atoms with Crippen molar-refractivity contribution in [1.29, 1.82) is 0 Å². The van der Waals surface area contributed by atoms with E-state index < -0.39 is 5.60 Å². The summed E-state index contributed by atoms with van der Waals surface area (Å²) < 4.78 is 1.07. The molecule has 3 unspecified atom stereocenters. The first-order chi connectivity index (χ1) is 7.95. The largest absolute Gasteiger partial charge is 0.385 e. The summed E-state index contributed by atoms with van der Waals surface area (Å²) in [6, 6.07) is 0. The van der Waals surface area contributed by atoms with Gasteiger partial charge in [0.1, 0.15) is 0 Å². The van der Waals surface area contributed by atoms with E-state index >= 15 is 0 Å². The minimum absolute atomic E-state index is 0.379. The molecule has 0 aromatic carbocycles. The van der Waals surface area contributed by atoms with Gasteiger partial charge in [0.15, 0.2) is 0 Å². The highest BCUT2D eigenvalue weighted by Gasteiger charge is 2.45. The Morgan fingerprint density at radius 1 is 1.41 bits per heavy atom. The first-order valence-corrected chi connectivity index (χ1v) is 8.13. The van der Waals surface area contributed by atoms with Gasteiger partial charge in [-0.2, -0.15) is 11.3 Å². The summed E-state index contributed by atoms with van der Waals surface area (Å²) >= 11 is 5.25. The Kier molecular flexibility index (Phi) is 4.01. The van der Waals surface area contributed by atoms with Crippen molar-refractivity contribution in [2.45, 2.75) is 45.6 Å². The summed E-state index contributed by atoms with van der Waals surface area (Å²) in [6.45, 7) is 6.71. The Morgan fingerprint density at radius 2 is 2.12 bits per heavy atom. The standard InChI is InChI=1S/C14H21BrOS/c1-9(2)11-5-4-10(3)6-14(11,16)12-7-17-8-13(12)15/h7-11,16H,4-6H2,1-3H3. The van der Waals surface area contributed by atoms with Crippen molar-refractivity contribution in [3.63, 3.8) is 0 Å². The molecule has 1 nitrogen and oxygen atoms in total. The molecule has 2 rings (SSSR count). The molecule has 1 heterocycles. The third kappa shape index (κ3) is 2.47. The minimum atomic E-state index is -0.634. The topological polar surface area (TPSA) is 20.2 Å². The van der Waals surface area contributed by atoms with Crippen LogP contribution >= 0.6 is 27.3 Å². The van der Waals surface area contributed by atoms with Gasteiger partial charge in [0.2, 0.25) is 0 Å². The number of aliphatic hydroxyl groups is 1. The molecule has 1 fully saturated rings. The molecule has 3 atom stereocenters. The van der Waals surface area contributed by atoms with Crippen LogP contribution in [0.1, 0.15) is 45.6 Å². The van der Waals surface area contributed by atoms with Gasteiger partial charge in [0, 0.05) is 15.4 Å². The molecule has 0 radical (unpaired) electrons. The summed E-state index contributed by atoms with van der Waals surface area (Å²) in [5.41, 5.74) is 0.470. The minimum Gasteiger partial charge on any atom is -0.385 e. The van der Waals surface area contributed by atoms with Gasteiger partial charge in [-0.1, -0.05) is 27.2 Å². The van der Waals surface area contributed by atoms with Crippen molar-refractivity contribution in [2.75, 3.05) is 0 Å². The highest BCUT2D eigenvalue weighted by molar-refractivity contribution is 9.10. The zero-order valence-corrected chi connectivity index (χ0v) is 13.1. The van der Waals surface area contributed by atoms with Gasteiger partial charge in [0.25, 0.3) is 0 Å². The molecule has 1 aliphatic carbocycles. The van der Waals surface area contributed by atoms with Crippen LogP contribution in [0.4, 0.5) is 0 Å². The molecule has 0 amide bonds. The van der Waals surface area contributed by atoms with Crippen molar-refractivity contribution in [3.05, 3.63) is 20.8 Å². The summed E-state index contributed by atoms with van der Waals surface area (Å²) in [7, 11) is 0. The third-order valence-corrected chi connectivity index (χ3v) is 5.83. The maximum atomic E-state index is 11.2. The molecule has 1 saturated carbocycles. The molecule has 0 bridgehead atoms. The number of hydrogen-bond donors (Lipinski definition) is 1. The smallest absolute Gasteiger partial charge is 0.0948 e. The molecule has 0 aliphatic heterocycles. The van der Waals surface area contributed by atoms with Crippen molar-refractivity contribution >= 4 is 27.3 Å². The van der Waals surface area contributed by atoms with Crippen LogP contribution in [0.2, 0.25) is 0 Å². The molecule has 96 valence electrons. The monoisotopic (exact) mass is 316 g/mol. The summed E-state index contributed by atoms with van der Waals surface area (Å²) in [5, 5.41) is 15.4. The fraction of sp³-hybridized carbons (Fsp3) is 0.714. The van der Waals surface area contributed by atoms with Crippen LogP contribution in [0.3, 0.4) is 0 Å². The van der Waals surface area contributed by atoms with Gasteiger partial charge in [-0.05, 0) is 51.9 Å². The van der Waals surface area contributed by atoms with Crippen LogP contribution < -0.4 is 0 Å². The average molecular weight is 317 g/mol. The van der Waals surface area contributed by atoms with Crippen LogP contribution in [0.25, 0.3) is 0 Å². The SMILES string of the molecule is CC1CCC(C(C)C)C(O)(c2cscc2Br)C1. The van der Waals surface area contributed by atoms with Crippen molar-refractivity contribution in [2.24, 2.45) is 17.8 Å². The van der Waals surface area contributed by atoms with Gasteiger partial charge in [0.05, 0.1) is 5.60 Å². The fourth-order valence-electron chi connectivity index (χ4n) is 3.27. The van der Waals surface area contributed by atoms with Gasteiger partial charge < -0.3 is 5.11 Å². The lowest BCUT2D eigenvalue weighted by Crippen LogP contribution is -2.43. The molecule has 1 N–H and O–H groups in total. The van der Waals surface area contributed by atoms with Gasteiger partial charge in [-0.25, -0.2) is 0 Å². The van der Waals surface area contributed by atoms with E-state index in [1.54, 1.807) is 11.3 Å². The second kappa shape index (κ2) is 5.02. The Bertz CT molecular complexity index is 387. The van der Waals surface area contributed by atoms with E-state index in [9.17, 15) is 5.11 Å². The van der Waals surface area contributed by atoms with Gasteiger partial charge in [-0.3, -0.25) is 0 Å². The molecule has 1 aliphatic rings. The van der Waals surface area contributed by atoms with Gasteiger partial charge in [-0.15, -0.1) is 0 Å². The fourth-order valence-corrected chi connectivity index (χ4v) is 4.99. The first kappa shape index (κ1) is 13.6. The average Bonchev–Trinajstić information content (AvgIpc) is 2.64. The Balaban J connectivity index is 2.39. The summed E-state index contributed by atoms with van der Waals surface area (Å²) in [4.78, 5) is 0. The number of halogens is 1. The quantitative estimate of drug-likeness (QED) is 0.831. The van der Waals surface area contributed by atoms with Crippen LogP contribution in [-0.4, -0.2) is 5.11 Å². The third-order valence-electron chi connectivity index (χ3n) is 4.13. The highest BCUT2D eigenvalue weighted by Crippen LogP contribution is 2.49. The summed E-state index contributed by atoms with van der Waals surface area (Å²) in [5.74, 6) is 1.52. The molecule has 3 heteroatoms. The van der Waals surface area contributed by atoms with Crippen LogP contribution in [0, 0.1) is 17.8 Å². The molecule has 0 saturated heterocycles. The Hall–Kier alpha value is 0.140. The second-order valence-electron chi connectivity index (χ2n) is 5.79. The molecule has 0 spiro atoms. The molecular weight excluding hydrogens is 296 g/mol. The first-order valence-electron chi connectivity index (χ1n) is 6.39. The predicted octanol–water partition coefficient (Wildman–Crippen LogP) is 4.79. The van der Waals surface area contributed by atoms with E-state index in [4.69, 9.17) is 0 Å². The zero-order valence-electron chi connectivity index (χ0n) is 10.7. The molecular formula is C14H21BrOS. The van der Waals surface area contributed by atoms with Crippen molar-refractivity contribution in [1.82, 2.24) is 0 Å². The highest BCUT2D eigenvalue weighted by atomic mass is 79.9. The molecule has 17 heavy (non-hydrogen) atoms. The van der Waals surface area contributed by atoms with E-state index in [-0.39, 0.29) is 0 Å². The van der Waals surface area contributed by atoms with Crippen LogP contribution in [-0.2, 0) is 5.60 Å². The van der Waals surface area contributed by atoms with E-state index in [1.165, 1.54) is 6.42 Å². The second-order valence-corrected chi connectivity index (χ2v) is 7.39. The normalized spacial score (nSPS) is 34.2.